The van der Waals surface area contributed by atoms with E-state index in [2.05, 4.69) is 205 Å². The molecule has 56 heavy (non-hydrogen) atoms. The van der Waals surface area contributed by atoms with E-state index in [0.717, 1.165) is 50.1 Å². The smallest absolute Gasteiger partial charge is 0.136 e. The molecule has 0 atom stereocenters. The number of hydrogen-bond acceptors (Lipinski definition) is 2. The third kappa shape index (κ3) is 5.34. The molecule has 1 heterocycles. The standard InChI is InChI=1S/C54H35NO/c1-3-17-44-36(12-1)14-10-22-45(44)37-26-30-41(31-27-37)55(43-16-9-15-39(34-43)47-23-11-25-53-54(47)50-21-7-8-24-52(50)56-53)42-32-28-38(29-33-42)51-35-40-13-2-4-18-46(40)48-19-5-6-20-49(48)51/h1-35H. The Kier molecular flexibility index (Phi) is 7.53. The lowest BCUT2D eigenvalue weighted by molar-refractivity contribution is 0.669. The van der Waals surface area contributed by atoms with E-state index in [9.17, 15) is 0 Å². The van der Waals surface area contributed by atoms with Gasteiger partial charge >= 0.3 is 0 Å². The lowest BCUT2D eigenvalue weighted by Crippen LogP contribution is -2.10. The van der Waals surface area contributed by atoms with Gasteiger partial charge in [0.15, 0.2) is 0 Å². The summed E-state index contributed by atoms with van der Waals surface area (Å²) in [5.41, 5.74) is 12.2. The third-order valence-electron chi connectivity index (χ3n) is 11.2. The Bertz CT molecular complexity index is 3240. The maximum Gasteiger partial charge on any atom is 0.136 e. The highest BCUT2D eigenvalue weighted by Gasteiger charge is 2.18. The van der Waals surface area contributed by atoms with Crippen molar-refractivity contribution in [3.8, 4) is 33.4 Å². The van der Waals surface area contributed by atoms with Crippen LogP contribution in [0.3, 0.4) is 0 Å². The van der Waals surface area contributed by atoms with Gasteiger partial charge in [0.1, 0.15) is 11.2 Å². The van der Waals surface area contributed by atoms with Crippen LogP contribution in [0.2, 0.25) is 0 Å². The van der Waals surface area contributed by atoms with Gasteiger partial charge in [-0.15, -0.1) is 0 Å². The van der Waals surface area contributed by atoms with E-state index in [1.807, 2.05) is 12.1 Å². The summed E-state index contributed by atoms with van der Waals surface area (Å²) in [7, 11) is 0. The number of para-hydroxylation sites is 1. The fourth-order valence-electron chi connectivity index (χ4n) is 8.63. The van der Waals surface area contributed by atoms with E-state index in [1.165, 1.54) is 54.6 Å². The molecule has 2 nitrogen and oxygen atoms in total. The Hall–Kier alpha value is -7.42. The number of fused-ring (bicyclic) bond motifs is 7. The van der Waals surface area contributed by atoms with E-state index in [-0.39, 0.29) is 0 Å². The summed E-state index contributed by atoms with van der Waals surface area (Å²) in [5, 5.41) is 9.82. The summed E-state index contributed by atoms with van der Waals surface area (Å²) < 4.78 is 6.29. The molecule has 11 rings (SSSR count). The highest BCUT2D eigenvalue weighted by molar-refractivity contribution is 6.14. The molecule has 0 fully saturated rings. The van der Waals surface area contributed by atoms with Crippen molar-refractivity contribution < 1.29 is 4.42 Å². The van der Waals surface area contributed by atoms with Crippen LogP contribution in [-0.2, 0) is 0 Å². The SMILES string of the molecule is c1cc(-c2cccc3oc4ccccc4c23)cc(N(c2ccc(-c3cccc4ccccc34)cc2)c2ccc(-c3cc4ccccc4c4ccccc34)cc2)c1. The van der Waals surface area contributed by atoms with Crippen molar-refractivity contribution in [3.63, 3.8) is 0 Å². The fraction of sp³-hybridized carbons (Fsp3) is 0. The van der Waals surface area contributed by atoms with Crippen molar-refractivity contribution in [1.82, 2.24) is 0 Å². The largest absolute Gasteiger partial charge is 0.456 e. The molecule has 0 aliphatic rings. The predicted molar refractivity (Wildman–Crippen MR) is 237 cm³/mol. The molecule has 0 saturated heterocycles. The number of hydrogen-bond donors (Lipinski definition) is 0. The number of anilines is 3. The second-order valence-corrected chi connectivity index (χ2v) is 14.5. The Morgan fingerprint density at radius 2 is 0.839 bits per heavy atom. The minimum atomic E-state index is 0.895. The molecule has 10 aromatic carbocycles. The van der Waals surface area contributed by atoms with Crippen LogP contribution in [0.25, 0.3) is 87.6 Å². The Balaban J connectivity index is 1.05. The van der Waals surface area contributed by atoms with Crippen LogP contribution in [0.15, 0.2) is 217 Å². The zero-order chi connectivity index (χ0) is 37.0. The average molecular weight is 714 g/mol. The molecule has 0 radical (unpaired) electrons. The average Bonchev–Trinajstić information content (AvgIpc) is 3.66. The summed E-state index contributed by atoms with van der Waals surface area (Å²) in [6.45, 7) is 0. The lowest BCUT2D eigenvalue weighted by atomic mass is 9.93. The first-order valence-electron chi connectivity index (χ1n) is 19.2. The molecule has 0 amide bonds. The maximum absolute atomic E-state index is 6.29. The number of benzene rings is 10. The first kappa shape index (κ1) is 32.0. The molecule has 262 valence electrons. The van der Waals surface area contributed by atoms with Crippen LogP contribution < -0.4 is 4.90 Å². The summed E-state index contributed by atoms with van der Waals surface area (Å²) in [6, 6.07) is 76.5. The monoisotopic (exact) mass is 713 g/mol. The minimum absolute atomic E-state index is 0.895. The van der Waals surface area contributed by atoms with Gasteiger partial charge in [0.05, 0.1) is 0 Å². The molecule has 0 aliphatic carbocycles. The van der Waals surface area contributed by atoms with Crippen molar-refractivity contribution in [2.45, 2.75) is 0 Å². The van der Waals surface area contributed by atoms with Crippen LogP contribution >= 0.6 is 0 Å². The summed E-state index contributed by atoms with van der Waals surface area (Å²) in [5.74, 6) is 0. The fourth-order valence-corrected chi connectivity index (χ4v) is 8.63. The van der Waals surface area contributed by atoms with Crippen LogP contribution in [0.5, 0.6) is 0 Å². The number of furan rings is 1. The number of rotatable bonds is 6. The topological polar surface area (TPSA) is 16.4 Å². The van der Waals surface area contributed by atoms with Crippen molar-refractivity contribution in [2.75, 3.05) is 4.90 Å². The van der Waals surface area contributed by atoms with Gasteiger partial charge in [0.2, 0.25) is 0 Å². The van der Waals surface area contributed by atoms with Crippen molar-refractivity contribution in [1.29, 1.82) is 0 Å². The van der Waals surface area contributed by atoms with Crippen LogP contribution in [-0.4, -0.2) is 0 Å². The van der Waals surface area contributed by atoms with Crippen LogP contribution in [0, 0.1) is 0 Å². The zero-order valence-corrected chi connectivity index (χ0v) is 30.6. The normalized spacial score (nSPS) is 11.6. The highest BCUT2D eigenvalue weighted by atomic mass is 16.3. The molecule has 0 aliphatic heterocycles. The Labute approximate surface area is 325 Å². The van der Waals surface area contributed by atoms with Gasteiger partial charge in [-0.05, 0) is 120 Å². The molecule has 0 unspecified atom stereocenters. The van der Waals surface area contributed by atoms with Crippen LogP contribution in [0.4, 0.5) is 17.1 Å². The maximum atomic E-state index is 6.29. The van der Waals surface area contributed by atoms with Crippen LogP contribution in [0.1, 0.15) is 0 Å². The second-order valence-electron chi connectivity index (χ2n) is 14.5. The van der Waals surface area contributed by atoms with Gasteiger partial charge < -0.3 is 9.32 Å². The van der Waals surface area contributed by atoms with Gasteiger partial charge in [-0.3, -0.25) is 0 Å². The molecule has 11 aromatic rings. The van der Waals surface area contributed by atoms with Crippen molar-refractivity contribution in [3.05, 3.63) is 212 Å². The van der Waals surface area contributed by atoms with Gasteiger partial charge in [0.25, 0.3) is 0 Å². The summed E-state index contributed by atoms with van der Waals surface area (Å²) >= 11 is 0. The van der Waals surface area contributed by atoms with Crippen molar-refractivity contribution in [2.24, 2.45) is 0 Å². The third-order valence-corrected chi connectivity index (χ3v) is 11.2. The van der Waals surface area contributed by atoms with Crippen molar-refractivity contribution >= 4 is 71.3 Å². The lowest BCUT2D eigenvalue weighted by Gasteiger charge is -2.26. The van der Waals surface area contributed by atoms with E-state index in [0.29, 0.717) is 0 Å². The van der Waals surface area contributed by atoms with Gasteiger partial charge in [-0.1, -0.05) is 158 Å². The molecular weight excluding hydrogens is 679 g/mol. The minimum Gasteiger partial charge on any atom is -0.456 e. The molecular formula is C54H35NO. The summed E-state index contributed by atoms with van der Waals surface area (Å²) in [6.07, 6.45) is 0. The van der Waals surface area contributed by atoms with E-state index in [4.69, 9.17) is 4.42 Å². The molecule has 0 saturated carbocycles. The number of nitrogens with zero attached hydrogens (tertiary/aromatic N) is 1. The Morgan fingerprint density at radius 1 is 0.286 bits per heavy atom. The molecule has 0 spiro atoms. The van der Waals surface area contributed by atoms with E-state index < -0.39 is 0 Å². The molecule has 0 N–H and O–H groups in total. The zero-order valence-electron chi connectivity index (χ0n) is 30.6. The highest BCUT2D eigenvalue weighted by Crippen LogP contribution is 2.42. The quantitative estimate of drug-likeness (QED) is 0.160. The van der Waals surface area contributed by atoms with Gasteiger partial charge in [-0.25, -0.2) is 0 Å². The first-order chi connectivity index (χ1) is 27.8. The molecule has 2 heteroatoms. The molecule has 1 aromatic heterocycles. The second kappa shape index (κ2) is 13.2. The predicted octanol–water partition coefficient (Wildman–Crippen LogP) is 15.5. The van der Waals surface area contributed by atoms with E-state index >= 15 is 0 Å². The first-order valence-corrected chi connectivity index (χ1v) is 19.2. The van der Waals surface area contributed by atoms with E-state index in [1.54, 1.807) is 0 Å². The molecule has 0 bridgehead atoms. The summed E-state index contributed by atoms with van der Waals surface area (Å²) in [4.78, 5) is 2.37. The van der Waals surface area contributed by atoms with Gasteiger partial charge in [0, 0.05) is 27.8 Å². The van der Waals surface area contributed by atoms with Gasteiger partial charge in [-0.2, -0.15) is 0 Å². The Morgan fingerprint density at radius 3 is 1.62 bits per heavy atom.